The number of imidazole rings is 1. The number of benzene rings is 2. The highest BCUT2D eigenvalue weighted by Gasteiger charge is 2.18. The van der Waals surface area contributed by atoms with Gasteiger partial charge < -0.3 is 0 Å². The highest BCUT2D eigenvalue weighted by Crippen LogP contribution is 2.17. The minimum atomic E-state index is -3.98. The van der Waals surface area contributed by atoms with Gasteiger partial charge in [-0.25, -0.2) is 13.2 Å². The van der Waals surface area contributed by atoms with E-state index >= 15 is 0 Å². The monoisotopic (exact) mass is 360 g/mol. The van der Waals surface area contributed by atoms with Gasteiger partial charge in [0.25, 0.3) is 15.9 Å². The fraction of sp³-hybridized carbons (Fsp3) is 0.125. The topological polar surface area (TPSA) is 102 Å². The molecule has 0 bridgehead atoms. The number of aryl methyl sites for hydroxylation is 2. The molecule has 1 heterocycles. The summed E-state index contributed by atoms with van der Waals surface area (Å²) >= 11 is 0. The first-order chi connectivity index (χ1) is 11.8. The predicted octanol–water partition coefficient (Wildman–Crippen LogP) is 0.500. The number of aromatic nitrogens is 2. The van der Waals surface area contributed by atoms with Crippen molar-refractivity contribution in [2.45, 2.75) is 4.90 Å². The Bertz CT molecular complexity index is 1110. The number of hydrazine groups is 1. The lowest BCUT2D eigenvalue weighted by atomic mass is 10.2. The van der Waals surface area contributed by atoms with E-state index in [2.05, 4.69) is 10.3 Å². The summed E-state index contributed by atoms with van der Waals surface area (Å²) in [5.74, 6) is -0.572. The fourth-order valence-corrected chi connectivity index (χ4v) is 3.35. The number of amides is 1. The molecule has 8 nitrogen and oxygen atoms in total. The van der Waals surface area contributed by atoms with Crippen LogP contribution >= 0.6 is 0 Å². The van der Waals surface area contributed by atoms with Crippen molar-refractivity contribution in [1.29, 1.82) is 0 Å². The molecule has 25 heavy (non-hydrogen) atoms. The van der Waals surface area contributed by atoms with Gasteiger partial charge in [-0.2, -0.15) is 0 Å². The third-order valence-electron chi connectivity index (χ3n) is 3.89. The van der Waals surface area contributed by atoms with Crippen LogP contribution in [0, 0.1) is 0 Å². The molecule has 3 rings (SSSR count). The van der Waals surface area contributed by atoms with Crippen LogP contribution in [-0.2, 0) is 24.1 Å². The molecule has 0 saturated heterocycles. The van der Waals surface area contributed by atoms with Crippen molar-refractivity contribution in [3.05, 3.63) is 64.6 Å². The second kappa shape index (κ2) is 6.19. The maximum atomic E-state index is 12.4. The first-order valence-electron chi connectivity index (χ1n) is 7.34. The van der Waals surface area contributed by atoms with Crippen LogP contribution in [0.15, 0.2) is 58.2 Å². The van der Waals surface area contributed by atoms with E-state index in [4.69, 9.17) is 0 Å². The van der Waals surface area contributed by atoms with Crippen LogP contribution in [0.2, 0.25) is 0 Å². The maximum Gasteiger partial charge on any atom is 0.328 e. The van der Waals surface area contributed by atoms with Gasteiger partial charge in [-0.3, -0.25) is 19.4 Å². The Kier molecular flexibility index (Phi) is 4.19. The standard InChI is InChI=1S/C16H16N4O4S/c1-19-13-9-8-12(10-14(13)20(2)16(19)22)25(23,24)18-17-15(21)11-6-4-3-5-7-11/h3-10,18H,1-2H3,(H,17,21). The third kappa shape index (κ3) is 3.06. The van der Waals surface area contributed by atoms with Gasteiger partial charge >= 0.3 is 5.69 Å². The molecule has 0 unspecified atom stereocenters. The van der Waals surface area contributed by atoms with Gasteiger partial charge in [0, 0.05) is 19.7 Å². The third-order valence-corrected chi connectivity index (χ3v) is 5.13. The highest BCUT2D eigenvalue weighted by molar-refractivity contribution is 7.89. The number of carbonyl (C=O) groups is 1. The molecule has 1 aromatic heterocycles. The number of carbonyl (C=O) groups excluding carboxylic acids is 1. The molecule has 2 N–H and O–H groups in total. The van der Waals surface area contributed by atoms with Crippen LogP contribution in [0.1, 0.15) is 10.4 Å². The van der Waals surface area contributed by atoms with Crippen molar-refractivity contribution < 1.29 is 13.2 Å². The Labute approximate surface area is 143 Å². The fourth-order valence-electron chi connectivity index (χ4n) is 2.49. The zero-order valence-corrected chi connectivity index (χ0v) is 14.4. The van der Waals surface area contributed by atoms with E-state index in [0.717, 1.165) is 0 Å². The van der Waals surface area contributed by atoms with Crippen molar-refractivity contribution in [3.63, 3.8) is 0 Å². The Balaban J connectivity index is 1.87. The zero-order chi connectivity index (χ0) is 18.2. The SMILES string of the molecule is Cn1c(=O)n(C)c2cc(S(=O)(=O)NNC(=O)c3ccccc3)ccc21. The Hall–Kier alpha value is -2.91. The minimum absolute atomic E-state index is 0.0606. The molecule has 0 aliphatic carbocycles. The summed E-state index contributed by atoms with van der Waals surface area (Å²) in [7, 11) is -0.812. The second-order valence-electron chi connectivity index (χ2n) is 5.48. The number of nitrogens with zero attached hydrogens (tertiary/aromatic N) is 2. The zero-order valence-electron chi connectivity index (χ0n) is 13.6. The largest absolute Gasteiger partial charge is 0.328 e. The lowest BCUT2D eigenvalue weighted by molar-refractivity contribution is 0.0945. The van der Waals surface area contributed by atoms with E-state index < -0.39 is 15.9 Å². The van der Waals surface area contributed by atoms with Gasteiger partial charge in [-0.05, 0) is 30.3 Å². The van der Waals surface area contributed by atoms with Crippen molar-refractivity contribution in [1.82, 2.24) is 19.4 Å². The first kappa shape index (κ1) is 16.9. The molecular formula is C16H16N4O4S. The molecule has 0 radical (unpaired) electrons. The summed E-state index contributed by atoms with van der Waals surface area (Å²) in [6, 6.07) is 12.5. The predicted molar refractivity (Wildman–Crippen MR) is 92.4 cm³/mol. The second-order valence-corrected chi connectivity index (χ2v) is 7.16. The quantitative estimate of drug-likeness (QED) is 0.662. The number of fused-ring (bicyclic) bond motifs is 1. The number of nitrogens with one attached hydrogen (secondary N) is 2. The smallest absolute Gasteiger partial charge is 0.295 e. The summed E-state index contributed by atoms with van der Waals surface area (Å²) in [6.45, 7) is 0. The van der Waals surface area contributed by atoms with E-state index in [9.17, 15) is 18.0 Å². The average molecular weight is 360 g/mol. The number of hydrogen-bond donors (Lipinski definition) is 2. The molecule has 3 aromatic rings. The van der Waals surface area contributed by atoms with E-state index in [1.807, 2.05) is 0 Å². The van der Waals surface area contributed by atoms with E-state index in [1.165, 1.54) is 21.3 Å². The average Bonchev–Trinajstić information content (AvgIpc) is 2.84. The number of sulfonamides is 1. The molecular weight excluding hydrogens is 344 g/mol. The summed E-state index contributed by atoms with van der Waals surface area (Å²) in [6.07, 6.45) is 0. The summed E-state index contributed by atoms with van der Waals surface area (Å²) in [4.78, 5) is 25.9. The molecule has 0 saturated carbocycles. The van der Waals surface area contributed by atoms with Crippen LogP contribution in [0.4, 0.5) is 0 Å². The summed E-state index contributed by atoms with van der Waals surface area (Å²) < 4.78 is 27.6. The molecule has 0 atom stereocenters. The van der Waals surface area contributed by atoms with Gasteiger partial charge in [0.05, 0.1) is 15.9 Å². The molecule has 1 amide bonds. The molecule has 2 aromatic carbocycles. The Morgan fingerprint density at radius 1 is 0.960 bits per heavy atom. The van der Waals surface area contributed by atoms with Crippen LogP contribution in [-0.4, -0.2) is 23.5 Å². The van der Waals surface area contributed by atoms with Crippen molar-refractivity contribution in [3.8, 4) is 0 Å². The molecule has 9 heteroatoms. The van der Waals surface area contributed by atoms with Gasteiger partial charge in [0.1, 0.15) is 0 Å². The highest BCUT2D eigenvalue weighted by atomic mass is 32.2. The molecule has 0 spiro atoms. The van der Waals surface area contributed by atoms with Crippen LogP contribution in [0.5, 0.6) is 0 Å². The Morgan fingerprint density at radius 3 is 2.28 bits per heavy atom. The Morgan fingerprint density at radius 2 is 1.60 bits per heavy atom. The van der Waals surface area contributed by atoms with Crippen LogP contribution in [0.3, 0.4) is 0 Å². The normalized spacial score (nSPS) is 11.6. The summed E-state index contributed by atoms with van der Waals surface area (Å²) in [5.41, 5.74) is 3.32. The van der Waals surface area contributed by atoms with Crippen LogP contribution < -0.4 is 15.9 Å². The minimum Gasteiger partial charge on any atom is -0.295 e. The lowest BCUT2D eigenvalue weighted by Crippen LogP contribution is -2.41. The van der Waals surface area contributed by atoms with E-state index in [-0.39, 0.29) is 10.6 Å². The molecule has 0 aliphatic rings. The van der Waals surface area contributed by atoms with E-state index in [1.54, 1.807) is 50.5 Å². The van der Waals surface area contributed by atoms with Crippen molar-refractivity contribution >= 4 is 27.0 Å². The van der Waals surface area contributed by atoms with Gasteiger partial charge in [0.15, 0.2) is 0 Å². The van der Waals surface area contributed by atoms with Crippen molar-refractivity contribution in [2.24, 2.45) is 14.1 Å². The molecule has 0 fully saturated rings. The van der Waals surface area contributed by atoms with Crippen molar-refractivity contribution in [2.75, 3.05) is 0 Å². The summed E-state index contributed by atoms with van der Waals surface area (Å²) in [5, 5.41) is 0. The van der Waals surface area contributed by atoms with Gasteiger partial charge in [-0.1, -0.05) is 18.2 Å². The van der Waals surface area contributed by atoms with E-state index in [0.29, 0.717) is 16.6 Å². The maximum absolute atomic E-state index is 12.4. The van der Waals surface area contributed by atoms with Gasteiger partial charge in [-0.15, -0.1) is 4.83 Å². The first-order valence-corrected chi connectivity index (χ1v) is 8.82. The molecule has 0 aliphatic heterocycles. The lowest BCUT2D eigenvalue weighted by Gasteiger charge is -2.09. The molecule has 130 valence electrons. The number of rotatable bonds is 4. The van der Waals surface area contributed by atoms with Crippen LogP contribution in [0.25, 0.3) is 11.0 Å². The number of hydrogen-bond acceptors (Lipinski definition) is 4. The van der Waals surface area contributed by atoms with Gasteiger partial charge in [0.2, 0.25) is 0 Å².